The molecule has 10 heavy (non-hydrogen) atoms. The Labute approximate surface area is 72.7 Å². The van der Waals surface area contributed by atoms with Crippen LogP contribution in [0, 0.1) is 5.41 Å². The van der Waals surface area contributed by atoms with Crippen molar-refractivity contribution in [2.75, 3.05) is 9.36 Å². The summed E-state index contributed by atoms with van der Waals surface area (Å²) in [5.74, 6) is 0.236. The molecule has 0 atom stereocenters. The number of alkyl halides is 2. The molecule has 0 aliphatic carbocycles. The Morgan fingerprint density at radius 2 is 2.30 bits per heavy atom. The van der Waals surface area contributed by atoms with Crippen molar-refractivity contribution in [3.63, 3.8) is 0 Å². The monoisotopic (exact) mass is 253 g/mol. The van der Waals surface area contributed by atoms with Crippen LogP contribution >= 0.6 is 0 Å². The molecule has 0 spiro atoms. The third-order valence-corrected chi connectivity index (χ3v) is 2.53. The molecule has 0 saturated heterocycles. The third kappa shape index (κ3) is 3.87. The zero-order chi connectivity index (χ0) is 7.98. The van der Waals surface area contributed by atoms with E-state index < -0.39 is 0 Å². The van der Waals surface area contributed by atoms with Crippen molar-refractivity contribution in [1.29, 1.82) is 5.41 Å². The second-order valence-corrected chi connectivity index (χ2v) is 4.32. The normalized spacial score (nSPS) is 12.0. The first-order valence-corrected chi connectivity index (χ1v) is 6.87. The second-order valence-electron chi connectivity index (χ2n) is 1.92. The van der Waals surface area contributed by atoms with Crippen molar-refractivity contribution in [2.45, 2.75) is 13.3 Å². The van der Waals surface area contributed by atoms with Gasteiger partial charge in [-0.1, -0.05) is 0 Å². The van der Waals surface area contributed by atoms with Crippen molar-refractivity contribution in [2.24, 2.45) is 5.73 Å². The molecule has 3 heteroatoms. The van der Waals surface area contributed by atoms with Gasteiger partial charge in [0.2, 0.25) is 0 Å². The first kappa shape index (κ1) is 9.94. The Kier molecular flexibility index (Phi) is 5.67. The molecule has 0 heterocycles. The summed E-state index contributed by atoms with van der Waals surface area (Å²) in [4.78, 5) is 2.22. The summed E-state index contributed by atoms with van der Waals surface area (Å²) in [5, 5.41) is 7.15. The maximum absolute atomic E-state index is 7.15. The minimum absolute atomic E-state index is 0.236. The zero-order valence-corrected chi connectivity index (χ0v) is 8.60. The van der Waals surface area contributed by atoms with Crippen molar-refractivity contribution in [3.8, 4) is 0 Å². The van der Waals surface area contributed by atoms with Gasteiger partial charge in [-0.15, -0.1) is 0 Å². The van der Waals surface area contributed by atoms with E-state index in [-0.39, 0.29) is 5.84 Å². The summed E-state index contributed by atoms with van der Waals surface area (Å²) in [5.41, 5.74) is 6.32. The molecule has 0 unspecified atom stereocenters. The first-order valence-electron chi connectivity index (χ1n) is 3.19. The molecule has 0 aliphatic rings. The summed E-state index contributed by atoms with van der Waals surface area (Å²) in [6.45, 7) is 2.03. The summed E-state index contributed by atoms with van der Waals surface area (Å²) >= 11 is 0.314. The molecule has 0 aromatic rings. The average molecular weight is 253 g/mol. The number of nitrogens with one attached hydrogen (secondary N) is 1. The first-order chi connectivity index (χ1) is 4.72. The van der Waals surface area contributed by atoms with Crippen LogP contribution in [-0.4, -0.2) is 15.2 Å². The van der Waals surface area contributed by atoms with Gasteiger partial charge >= 0.3 is 72.5 Å². The van der Waals surface area contributed by atoms with Gasteiger partial charge < -0.3 is 0 Å². The van der Waals surface area contributed by atoms with Gasteiger partial charge in [0.15, 0.2) is 0 Å². The molecule has 0 fully saturated rings. The number of amidine groups is 1. The van der Waals surface area contributed by atoms with E-state index in [1.54, 1.807) is 0 Å². The fraction of sp³-hybridized carbons (Fsp3) is 0.571. The predicted molar refractivity (Wildman–Crippen MR) is 41.1 cm³/mol. The standard InChI is InChI=1S/C7H14IN2/c1-3-6(7(9)10)4-5-8-2/h4H,3,5H2,1-2H3,(H3,9,10)/q-1/b6-4+. The van der Waals surface area contributed by atoms with Crippen LogP contribution in [0.1, 0.15) is 13.3 Å². The zero-order valence-electron chi connectivity index (χ0n) is 6.45. The Morgan fingerprint density at radius 3 is 2.60 bits per heavy atom. The van der Waals surface area contributed by atoms with E-state index in [0.717, 1.165) is 16.4 Å². The quantitative estimate of drug-likeness (QED) is 0.258. The minimum atomic E-state index is 0.236. The molecular weight excluding hydrogens is 239 g/mol. The molecule has 0 aromatic heterocycles. The summed E-state index contributed by atoms with van der Waals surface area (Å²) in [6.07, 6.45) is 2.98. The van der Waals surface area contributed by atoms with Crippen LogP contribution in [0.25, 0.3) is 0 Å². The molecule has 0 amide bonds. The van der Waals surface area contributed by atoms with Crippen molar-refractivity contribution >= 4 is 5.84 Å². The van der Waals surface area contributed by atoms with Crippen LogP contribution in [0.2, 0.25) is 0 Å². The molecule has 2 nitrogen and oxygen atoms in total. The molecule has 60 valence electrons. The topological polar surface area (TPSA) is 49.9 Å². The fourth-order valence-electron chi connectivity index (χ4n) is 0.615. The van der Waals surface area contributed by atoms with E-state index in [0.29, 0.717) is 21.2 Å². The second kappa shape index (κ2) is 5.70. The summed E-state index contributed by atoms with van der Waals surface area (Å²) in [6, 6.07) is 0. The number of rotatable bonds is 4. The van der Waals surface area contributed by atoms with Crippen LogP contribution < -0.4 is 26.9 Å². The molecule has 3 N–H and O–H groups in total. The van der Waals surface area contributed by atoms with Gasteiger partial charge in [-0.05, 0) is 0 Å². The molecule has 0 rings (SSSR count). The van der Waals surface area contributed by atoms with E-state index in [9.17, 15) is 0 Å². The average Bonchev–Trinajstić information content (AvgIpc) is 1.89. The molecule has 0 bridgehead atoms. The SMILES string of the molecule is CC/C(=C\C[I-]C)C(=N)N. The Morgan fingerprint density at radius 1 is 1.70 bits per heavy atom. The maximum atomic E-state index is 7.15. The molecule has 0 aliphatic heterocycles. The molecule has 0 radical (unpaired) electrons. The molecule has 0 saturated carbocycles. The summed E-state index contributed by atoms with van der Waals surface area (Å²) in [7, 11) is 0. The number of hydrogen-bond donors (Lipinski definition) is 2. The van der Waals surface area contributed by atoms with E-state index in [1.165, 1.54) is 0 Å². The van der Waals surface area contributed by atoms with E-state index in [4.69, 9.17) is 11.1 Å². The van der Waals surface area contributed by atoms with Crippen LogP contribution in [-0.2, 0) is 0 Å². The van der Waals surface area contributed by atoms with Crippen LogP contribution in [0.15, 0.2) is 11.6 Å². The Balaban J connectivity index is 3.91. The van der Waals surface area contributed by atoms with Gasteiger partial charge in [-0.3, -0.25) is 0 Å². The molecular formula is C7H14IN2-. The van der Waals surface area contributed by atoms with Gasteiger partial charge in [0.25, 0.3) is 0 Å². The van der Waals surface area contributed by atoms with E-state index in [2.05, 4.69) is 11.0 Å². The third-order valence-electron chi connectivity index (χ3n) is 1.20. The van der Waals surface area contributed by atoms with Gasteiger partial charge in [-0.2, -0.15) is 0 Å². The fourth-order valence-corrected chi connectivity index (χ4v) is 1.59. The number of nitrogens with two attached hydrogens (primary N) is 1. The van der Waals surface area contributed by atoms with Gasteiger partial charge in [0, 0.05) is 0 Å². The van der Waals surface area contributed by atoms with Gasteiger partial charge in [-0.25, -0.2) is 0 Å². The van der Waals surface area contributed by atoms with Crippen LogP contribution in [0.5, 0.6) is 0 Å². The van der Waals surface area contributed by atoms with Crippen molar-refractivity contribution < 1.29 is 21.2 Å². The Hall–Kier alpha value is -0.0600. The van der Waals surface area contributed by atoms with Crippen LogP contribution in [0.3, 0.4) is 0 Å². The van der Waals surface area contributed by atoms with E-state index in [1.807, 2.05) is 6.92 Å². The van der Waals surface area contributed by atoms with Crippen LogP contribution in [0.4, 0.5) is 0 Å². The summed E-state index contributed by atoms with van der Waals surface area (Å²) < 4.78 is 1.14. The Bertz CT molecular complexity index is 141. The van der Waals surface area contributed by atoms with Crippen molar-refractivity contribution in [1.82, 2.24) is 0 Å². The molecule has 0 aromatic carbocycles. The van der Waals surface area contributed by atoms with Gasteiger partial charge in [0.1, 0.15) is 0 Å². The van der Waals surface area contributed by atoms with Crippen molar-refractivity contribution in [3.05, 3.63) is 11.6 Å². The number of halogens is 1. The number of hydrogen-bond acceptors (Lipinski definition) is 1. The van der Waals surface area contributed by atoms with Gasteiger partial charge in [0.05, 0.1) is 0 Å². The predicted octanol–water partition coefficient (Wildman–Crippen LogP) is -2.02. The van der Waals surface area contributed by atoms with E-state index >= 15 is 0 Å². The number of allylic oxidation sites excluding steroid dienone is 1.